The van der Waals surface area contributed by atoms with Crippen molar-refractivity contribution in [2.24, 2.45) is 5.92 Å². The lowest BCUT2D eigenvalue weighted by atomic mass is 9.94. The molecule has 4 nitrogen and oxygen atoms in total. The normalized spacial score (nSPS) is 15.9. The molecule has 0 atom stereocenters. The third-order valence-electron chi connectivity index (χ3n) is 3.90. The van der Waals surface area contributed by atoms with Crippen molar-refractivity contribution in [3.05, 3.63) is 29.8 Å². The van der Waals surface area contributed by atoms with Crippen molar-refractivity contribution in [2.45, 2.75) is 25.8 Å². The fourth-order valence-corrected chi connectivity index (χ4v) is 2.62. The molecule has 0 bridgehead atoms. The third-order valence-corrected chi connectivity index (χ3v) is 3.90. The number of nitrogens with zero attached hydrogens (tertiary/aromatic N) is 1. The standard InChI is InChI=1S/C16H24N2O2/c1-18(12-14-4-3-5-15(10-14)20-2)16(19)11-13-6-8-17-9-7-13/h3-5,10,13,17H,6-9,11-12H2,1-2H3. The maximum Gasteiger partial charge on any atom is 0.222 e. The van der Waals surface area contributed by atoms with E-state index in [0.717, 1.165) is 37.2 Å². The van der Waals surface area contributed by atoms with Gasteiger partial charge >= 0.3 is 0 Å². The second-order valence-electron chi connectivity index (χ2n) is 5.50. The number of carbonyl (C=O) groups excluding carboxylic acids is 1. The van der Waals surface area contributed by atoms with E-state index in [-0.39, 0.29) is 5.91 Å². The Morgan fingerprint density at radius 1 is 1.40 bits per heavy atom. The number of methoxy groups -OCH3 is 1. The smallest absolute Gasteiger partial charge is 0.222 e. The van der Waals surface area contributed by atoms with Crippen LogP contribution in [0, 0.1) is 5.92 Å². The number of rotatable bonds is 5. The Hall–Kier alpha value is -1.55. The van der Waals surface area contributed by atoms with Crippen LogP contribution in [-0.4, -0.2) is 38.1 Å². The van der Waals surface area contributed by atoms with E-state index in [1.807, 2.05) is 36.2 Å². The molecule has 1 N–H and O–H groups in total. The summed E-state index contributed by atoms with van der Waals surface area (Å²) in [6.45, 7) is 2.72. The Labute approximate surface area is 121 Å². The monoisotopic (exact) mass is 276 g/mol. The van der Waals surface area contributed by atoms with Gasteiger partial charge in [0.05, 0.1) is 7.11 Å². The molecule has 0 saturated carbocycles. The van der Waals surface area contributed by atoms with Gasteiger partial charge in [-0.1, -0.05) is 12.1 Å². The molecule has 0 aromatic heterocycles. The van der Waals surface area contributed by atoms with Gasteiger partial charge in [0.25, 0.3) is 0 Å². The van der Waals surface area contributed by atoms with Gasteiger partial charge in [-0.2, -0.15) is 0 Å². The minimum Gasteiger partial charge on any atom is -0.497 e. The van der Waals surface area contributed by atoms with Gasteiger partial charge in [0.2, 0.25) is 5.91 Å². The van der Waals surface area contributed by atoms with Crippen LogP contribution in [0.1, 0.15) is 24.8 Å². The van der Waals surface area contributed by atoms with Crippen LogP contribution in [0.2, 0.25) is 0 Å². The van der Waals surface area contributed by atoms with Gasteiger partial charge in [0.1, 0.15) is 5.75 Å². The van der Waals surface area contributed by atoms with Crippen LogP contribution in [0.25, 0.3) is 0 Å². The summed E-state index contributed by atoms with van der Waals surface area (Å²) in [6, 6.07) is 7.88. The number of piperidine rings is 1. The van der Waals surface area contributed by atoms with E-state index < -0.39 is 0 Å². The van der Waals surface area contributed by atoms with Gasteiger partial charge in [-0.25, -0.2) is 0 Å². The molecular weight excluding hydrogens is 252 g/mol. The second kappa shape index (κ2) is 7.29. The summed E-state index contributed by atoms with van der Waals surface area (Å²) < 4.78 is 5.21. The zero-order chi connectivity index (χ0) is 14.4. The highest BCUT2D eigenvalue weighted by Crippen LogP contribution is 2.18. The molecule has 0 unspecified atom stereocenters. The molecule has 1 aromatic rings. The maximum atomic E-state index is 12.2. The first-order chi connectivity index (χ1) is 9.69. The number of carbonyl (C=O) groups is 1. The van der Waals surface area contributed by atoms with E-state index in [0.29, 0.717) is 18.9 Å². The van der Waals surface area contributed by atoms with Crippen LogP contribution in [0.3, 0.4) is 0 Å². The van der Waals surface area contributed by atoms with Crippen molar-refractivity contribution in [1.82, 2.24) is 10.2 Å². The molecule has 1 aromatic carbocycles. The van der Waals surface area contributed by atoms with E-state index in [2.05, 4.69) is 5.32 Å². The Bertz CT molecular complexity index is 442. The quantitative estimate of drug-likeness (QED) is 0.895. The van der Waals surface area contributed by atoms with E-state index in [4.69, 9.17) is 4.74 Å². The lowest BCUT2D eigenvalue weighted by molar-refractivity contribution is -0.131. The van der Waals surface area contributed by atoms with Gasteiger partial charge in [0.15, 0.2) is 0 Å². The number of hydrogen-bond donors (Lipinski definition) is 1. The predicted octanol–water partition coefficient (Wildman–Crippen LogP) is 2.04. The summed E-state index contributed by atoms with van der Waals surface area (Å²) >= 11 is 0. The van der Waals surface area contributed by atoms with Crippen molar-refractivity contribution >= 4 is 5.91 Å². The van der Waals surface area contributed by atoms with Gasteiger partial charge in [-0.05, 0) is 49.5 Å². The molecule has 110 valence electrons. The fourth-order valence-electron chi connectivity index (χ4n) is 2.62. The van der Waals surface area contributed by atoms with Gasteiger partial charge in [-0.3, -0.25) is 4.79 Å². The highest BCUT2D eigenvalue weighted by Gasteiger charge is 2.19. The number of nitrogens with one attached hydrogen (secondary N) is 1. The van der Waals surface area contributed by atoms with E-state index in [9.17, 15) is 4.79 Å². The highest BCUT2D eigenvalue weighted by atomic mass is 16.5. The van der Waals surface area contributed by atoms with E-state index in [1.54, 1.807) is 7.11 Å². The third kappa shape index (κ3) is 4.23. The van der Waals surface area contributed by atoms with Crippen molar-refractivity contribution in [2.75, 3.05) is 27.2 Å². The topological polar surface area (TPSA) is 41.6 Å². The van der Waals surface area contributed by atoms with E-state index >= 15 is 0 Å². The molecule has 0 aliphatic carbocycles. The van der Waals surface area contributed by atoms with Crippen LogP contribution in [0.4, 0.5) is 0 Å². The Kier molecular flexibility index (Phi) is 5.41. The molecule has 1 fully saturated rings. The largest absolute Gasteiger partial charge is 0.497 e. The average Bonchev–Trinajstić information content (AvgIpc) is 2.48. The molecule has 0 radical (unpaired) electrons. The summed E-state index contributed by atoms with van der Waals surface area (Å²) in [6.07, 6.45) is 2.89. The molecule has 2 rings (SSSR count). The van der Waals surface area contributed by atoms with Crippen molar-refractivity contribution in [3.63, 3.8) is 0 Å². The number of hydrogen-bond acceptors (Lipinski definition) is 3. The number of amides is 1. The molecule has 1 aliphatic heterocycles. The summed E-state index contributed by atoms with van der Waals surface area (Å²) in [5.74, 6) is 1.61. The van der Waals surface area contributed by atoms with Gasteiger partial charge in [-0.15, -0.1) is 0 Å². The first-order valence-corrected chi connectivity index (χ1v) is 7.26. The SMILES string of the molecule is COc1cccc(CN(C)C(=O)CC2CCNCC2)c1. The van der Waals surface area contributed by atoms with Crippen molar-refractivity contribution in [3.8, 4) is 5.75 Å². The molecule has 1 amide bonds. The zero-order valence-corrected chi connectivity index (χ0v) is 12.4. The molecule has 20 heavy (non-hydrogen) atoms. The van der Waals surface area contributed by atoms with Crippen LogP contribution >= 0.6 is 0 Å². The van der Waals surface area contributed by atoms with Crippen molar-refractivity contribution in [1.29, 1.82) is 0 Å². The van der Waals surface area contributed by atoms with Crippen LogP contribution in [0.5, 0.6) is 5.75 Å². The summed E-state index contributed by atoms with van der Waals surface area (Å²) in [5, 5.41) is 3.33. The van der Waals surface area contributed by atoms with Crippen LogP contribution in [0.15, 0.2) is 24.3 Å². The Balaban J connectivity index is 1.86. The molecule has 0 spiro atoms. The summed E-state index contributed by atoms with van der Waals surface area (Å²) in [5.41, 5.74) is 1.10. The maximum absolute atomic E-state index is 12.2. The molecular formula is C16H24N2O2. The second-order valence-corrected chi connectivity index (χ2v) is 5.50. The van der Waals surface area contributed by atoms with Crippen LogP contribution in [-0.2, 0) is 11.3 Å². The number of benzene rings is 1. The lowest BCUT2D eigenvalue weighted by Crippen LogP contribution is -2.33. The Morgan fingerprint density at radius 2 is 2.15 bits per heavy atom. The summed E-state index contributed by atoms with van der Waals surface area (Å²) in [7, 11) is 3.54. The molecule has 1 heterocycles. The van der Waals surface area contributed by atoms with Gasteiger partial charge in [0, 0.05) is 20.0 Å². The Morgan fingerprint density at radius 3 is 2.85 bits per heavy atom. The summed E-state index contributed by atoms with van der Waals surface area (Å²) in [4.78, 5) is 14.1. The lowest BCUT2D eigenvalue weighted by Gasteiger charge is -2.25. The highest BCUT2D eigenvalue weighted by molar-refractivity contribution is 5.76. The first kappa shape index (κ1) is 14.9. The first-order valence-electron chi connectivity index (χ1n) is 7.26. The minimum absolute atomic E-state index is 0.236. The molecule has 4 heteroatoms. The predicted molar refractivity (Wildman–Crippen MR) is 79.7 cm³/mol. The zero-order valence-electron chi connectivity index (χ0n) is 12.4. The number of ether oxygens (including phenoxy) is 1. The molecule has 1 saturated heterocycles. The minimum atomic E-state index is 0.236. The van der Waals surface area contributed by atoms with E-state index in [1.165, 1.54) is 0 Å². The van der Waals surface area contributed by atoms with Gasteiger partial charge < -0.3 is 15.0 Å². The fraction of sp³-hybridized carbons (Fsp3) is 0.562. The van der Waals surface area contributed by atoms with Crippen molar-refractivity contribution < 1.29 is 9.53 Å². The van der Waals surface area contributed by atoms with Crippen LogP contribution < -0.4 is 10.1 Å². The average molecular weight is 276 g/mol. The molecule has 1 aliphatic rings.